The highest BCUT2D eigenvalue weighted by molar-refractivity contribution is 5.68. The first-order chi connectivity index (χ1) is 17.9. The molecule has 10 atom stereocenters. The molecule has 0 radical (unpaired) electrons. The van der Waals surface area contributed by atoms with Crippen LogP contribution < -0.4 is 0 Å². The summed E-state index contributed by atoms with van der Waals surface area (Å²) in [6.07, 6.45) is -8.12. The number of hydrogen-bond donors (Lipinski definition) is 0. The van der Waals surface area contributed by atoms with Gasteiger partial charge >= 0.3 is 23.9 Å². The first-order valence-corrected chi connectivity index (χ1v) is 12.6. The highest BCUT2D eigenvalue weighted by Crippen LogP contribution is 2.37. The van der Waals surface area contributed by atoms with Crippen LogP contribution >= 0.6 is 0 Å². The van der Waals surface area contributed by atoms with Crippen molar-refractivity contribution < 1.29 is 61.9 Å². The van der Waals surface area contributed by atoms with Crippen LogP contribution in [0.5, 0.6) is 0 Å². The van der Waals surface area contributed by atoms with Gasteiger partial charge in [-0.1, -0.05) is 20.8 Å². The number of carbonyl (C=O) groups excluding carboxylic acids is 5. The van der Waals surface area contributed by atoms with E-state index in [1.807, 2.05) is 6.92 Å². The van der Waals surface area contributed by atoms with Gasteiger partial charge in [-0.15, -0.1) is 0 Å². The van der Waals surface area contributed by atoms with E-state index in [9.17, 15) is 24.0 Å². The Morgan fingerprint density at radius 3 is 1.58 bits per heavy atom. The van der Waals surface area contributed by atoms with Crippen molar-refractivity contribution in [3.63, 3.8) is 0 Å². The van der Waals surface area contributed by atoms with E-state index in [0.717, 1.165) is 6.92 Å². The summed E-state index contributed by atoms with van der Waals surface area (Å²) >= 11 is 0. The van der Waals surface area contributed by atoms with E-state index in [-0.39, 0.29) is 12.5 Å². The number of aldehydes is 1. The Morgan fingerprint density at radius 2 is 1.11 bits per heavy atom. The maximum absolute atomic E-state index is 12.1. The SMILES string of the molecule is CC[C@H]1O[C@@H](OCC=O)[C@H](OC(C)=O)[C@@H](OC(C)=O)C1OC1O[C@H](CC)[C@@H](C)[C@H](OC(C)=O)[C@H]1OC(C)=O. The van der Waals surface area contributed by atoms with Crippen LogP contribution in [0.1, 0.15) is 61.3 Å². The van der Waals surface area contributed by atoms with E-state index in [2.05, 4.69) is 0 Å². The molecule has 0 saturated carbocycles. The van der Waals surface area contributed by atoms with Gasteiger partial charge in [-0.05, 0) is 12.8 Å². The van der Waals surface area contributed by atoms with E-state index in [0.29, 0.717) is 19.1 Å². The van der Waals surface area contributed by atoms with Crippen molar-refractivity contribution >= 4 is 30.2 Å². The third-order valence-electron chi connectivity index (χ3n) is 6.23. The normalized spacial score (nSPS) is 35.0. The smallest absolute Gasteiger partial charge is 0.303 e. The molecule has 0 N–H and O–H groups in total. The molecule has 2 saturated heterocycles. The molecule has 2 rings (SSSR count). The maximum atomic E-state index is 12.1. The van der Waals surface area contributed by atoms with Gasteiger partial charge in [0.15, 0.2) is 30.9 Å². The highest BCUT2D eigenvalue weighted by atomic mass is 16.8. The van der Waals surface area contributed by atoms with Crippen molar-refractivity contribution in [3.05, 3.63) is 0 Å². The van der Waals surface area contributed by atoms with E-state index < -0.39 is 79.2 Å². The zero-order valence-corrected chi connectivity index (χ0v) is 22.8. The quantitative estimate of drug-likeness (QED) is 0.207. The van der Waals surface area contributed by atoms with Crippen molar-refractivity contribution in [2.75, 3.05) is 6.61 Å². The zero-order valence-electron chi connectivity index (χ0n) is 22.8. The minimum atomic E-state index is -1.30. The molecule has 0 aromatic rings. The Kier molecular flexibility index (Phi) is 12.1. The molecule has 2 unspecified atom stereocenters. The van der Waals surface area contributed by atoms with Gasteiger partial charge in [-0.25, -0.2) is 0 Å². The van der Waals surface area contributed by atoms with Crippen molar-refractivity contribution in [2.24, 2.45) is 5.92 Å². The molecule has 38 heavy (non-hydrogen) atoms. The fourth-order valence-electron chi connectivity index (χ4n) is 4.73. The summed E-state index contributed by atoms with van der Waals surface area (Å²) in [7, 11) is 0. The largest absolute Gasteiger partial charge is 0.458 e. The first kappa shape index (κ1) is 31.6. The Balaban J connectivity index is 2.52. The average Bonchev–Trinajstić information content (AvgIpc) is 2.83. The number of carbonyl (C=O) groups is 5. The van der Waals surface area contributed by atoms with Crippen molar-refractivity contribution in [2.45, 2.75) is 117 Å². The first-order valence-electron chi connectivity index (χ1n) is 12.6. The lowest BCUT2D eigenvalue weighted by Crippen LogP contribution is -2.64. The van der Waals surface area contributed by atoms with Gasteiger partial charge in [-0.3, -0.25) is 19.2 Å². The summed E-state index contributed by atoms with van der Waals surface area (Å²) < 4.78 is 45.9. The van der Waals surface area contributed by atoms with Gasteiger partial charge in [-0.2, -0.15) is 0 Å². The molecule has 13 heteroatoms. The molecule has 2 aliphatic rings. The van der Waals surface area contributed by atoms with Gasteiger partial charge < -0.3 is 42.7 Å². The molecular weight excluding hydrogens is 508 g/mol. The Hall–Kier alpha value is -2.61. The van der Waals surface area contributed by atoms with Crippen molar-refractivity contribution in [1.29, 1.82) is 0 Å². The molecule has 0 aromatic carbocycles. The molecule has 13 nitrogen and oxygen atoms in total. The summed E-state index contributed by atoms with van der Waals surface area (Å²) in [6.45, 7) is 9.86. The Bertz CT molecular complexity index is 845. The highest BCUT2D eigenvalue weighted by Gasteiger charge is 2.55. The lowest BCUT2D eigenvalue weighted by atomic mass is 9.88. The fraction of sp³-hybridized carbons (Fsp3) is 0.800. The second kappa shape index (κ2) is 14.5. The summed E-state index contributed by atoms with van der Waals surface area (Å²) in [4.78, 5) is 58.9. The molecule has 0 spiro atoms. The molecule has 0 bridgehead atoms. The van der Waals surface area contributed by atoms with Gasteiger partial charge in [0.05, 0.1) is 12.2 Å². The minimum Gasteiger partial charge on any atom is -0.458 e. The molecule has 0 aromatic heterocycles. The lowest BCUT2D eigenvalue weighted by Gasteiger charge is -2.48. The molecule has 0 aliphatic carbocycles. The predicted molar refractivity (Wildman–Crippen MR) is 126 cm³/mol. The third kappa shape index (κ3) is 8.19. The van der Waals surface area contributed by atoms with Gasteiger partial charge in [0.25, 0.3) is 0 Å². The summed E-state index contributed by atoms with van der Waals surface area (Å²) in [5.74, 6) is -3.01. The van der Waals surface area contributed by atoms with Crippen LogP contribution in [0, 0.1) is 5.92 Å². The number of rotatable bonds is 11. The van der Waals surface area contributed by atoms with Crippen LogP contribution in [-0.2, 0) is 61.9 Å². The lowest BCUT2D eigenvalue weighted by molar-refractivity contribution is -0.352. The molecule has 2 aliphatic heterocycles. The van der Waals surface area contributed by atoms with Gasteiger partial charge in [0.1, 0.15) is 25.1 Å². The van der Waals surface area contributed by atoms with E-state index >= 15 is 0 Å². The van der Waals surface area contributed by atoms with Gasteiger partial charge in [0, 0.05) is 33.6 Å². The summed E-state index contributed by atoms with van der Waals surface area (Å²) in [5, 5.41) is 0. The summed E-state index contributed by atoms with van der Waals surface area (Å²) in [6, 6.07) is 0. The number of hydrogen-bond acceptors (Lipinski definition) is 13. The molecular formula is C25H38O13. The predicted octanol–water partition coefficient (Wildman–Crippen LogP) is 1.22. The van der Waals surface area contributed by atoms with Crippen LogP contribution in [0.4, 0.5) is 0 Å². The monoisotopic (exact) mass is 546 g/mol. The van der Waals surface area contributed by atoms with E-state index in [1.165, 1.54) is 20.8 Å². The van der Waals surface area contributed by atoms with Gasteiger partial charge in [0.2, 0.25) is 0 Å². The van der Waals surface area contributed by atoms with E-state index in [4.69, 9.17) is 37.9 Å². The molecule has 0 amide bonds. The van der Waals surface area contributed by atoms with Crippen LogP contribution in [0.15, 0.2) is 0 Å². The Labute approximate surface area is 221 Å². The summed E-state index contributed by atoms with van der Waals surface area (Å²) in [5.41, 5.74) is 0. The number of ether oxygens (including phenoxy) is 8. The second-order valence-electron chi connectivity index (χ2n) is 9.16. The average molecular weight is 547 g/mol. The van der Waals surface area contributed by atoms with Crippen LogP contribution in [0.2, 0.25) is 0 Å². The van der Waals surface area contributed by atoms with Crippen LogP contribution in [-0.4, -0.2) is 92.1 Å². The second-order valence-corrected chi connectivity index (χ2v) is 9.16. The standard InChI is InChI=1S/C25H38O13/c1-8-17-12(3)19(32-13(4)27)22(34-15(6)29)25(36-17)38-20-18(9-2)37-24(31-11-10-26)23(35-16(7)30)21(20)33-14(5)28/h10,12,17-25H,8-9,11H2,1-7H3/t12-,17-,18-,19+,20?,21+,22-,23-,24-,25?/m1/s1. The van der Waals surface area contributed by atoms with Crippen molar-refractivity contribution in [3.8, 4) is 0 Å². The fourth-order valence-corrected chi connectivity index (χ4v) is 4.73. The topological polar surface area (TPSA) is 159 Å². The third-order valence-corrected chi connectivity index (χ3v) is 6.23. The maximum Gasteiger partial charge on any atom is 0.303 e. The van der Waals surface area contributed by atoms with E-state index in [1.54, 1.807) is 13.8 Å². The van der Waals surface area contributed by atoms with Crippen LogP contribution in [0.25, 0.3) is 0 Å². The molecule has 216 valence electrons. The Morgan fingerprint density at radius 1 is 0.658 bits per heavy atom. The molecule has 2 fully saturated rings. The molecule has 2 heterocycles. The number of esters is 4. The van der Waals surface area contributed by atoms with Crippen LogP contribution in [0.3, 0.4) is 0 Å². The zero-order chi connectivity index (χ0) is 28.6. The van der Waals surface area contributed by atoms with Crippen molar-refractivity contribution in [1.82, 2.24) is 0 Å². The minimum absolute atomic E-state index is 0.322.